The van der Waals surface area contributed by atoms with E-state index in [-0.39, 0.29) is 0 Å². The third-order valence-electron chi connectivity index (χ3n) is 4.51. The van der Waals surface area contributed by atoms with Gasteiger partial charge in [-0.25, -0.2) is 0 Å². The summed E-state index contributed by atoms with van der Waals surface area (Å²) < 4.78 is 0. The third-order valence-corrected chi connectivity index (χ3v) is 12.2. The average molecular weight is 259 g/mol. The highest BCUT2D eigenvalue weighted by molar-refractivity contribution is 6.83. The van der Waals surface area contributed by atoms with E-state index in [0.717, 1.165) is 36.3 Å². The van der Waals surface area contributed by atoms with E-state index in [0.29, 0.717) is 0 Å². The second-order valence-corrected chi connectivity index (χ2v) is 12.4. The lowest BCUT2D eigenvalue weighted by molar-refractivity contribution is 0.662. The highest BCUT2D eigenvalue weighted by atomic mass is 28.3. The van der Waals surface area contributed by atoms with Crippen molar-refractivity contribution in [2.75, 3.05) is 19.6 Å². The zero-order valence-corrected chi connectivity index (χ0v) is 13.8. The predicted octanol–water partition coefficient (Wildman–Crippen LogP) is 3.60. The van der Waals surface area contributed by atoms with Gasteiger partial charge in [0.25, 0.3) is 0 Å². The zero-order valence-electron chi connectivity index (χ0n) is 12.8. The molecule has 0 saturated heterocycles. The minimum absolute atomic E-state index is 0.751. The Morgan fingerprint density at radius 1 is 0.882 bits per heavy atom. The quantitative estimate of drug-likeness (QED) is 0.490. The van der Waals surface area contributed by atoms with E-state index in [4.69, 9.17) is 5.73 Å². The number of nitrogens with one attached hydrogen (secondary N) is 1. The van der Waals surface area contributed by atoms with Crippen LogP contribution in [0.3, 0.4) is 0 Å². The molecular formula is C14H34N2Si. The third kappa shape index (κ3) is 4.72. The first-order valence-electron chi connectivity index (χ1n) is 7.30. The van der Waals surface area contributed by atoms with Gasteiger partial charge in [-0.2, -0.15) is 0 Å². The summed E-state index contributed by atoms with van der Waals surface area (Å²) in [5.41, 5.74) is 8.15. The summed E-state index contributed by atoms with van der Waals surface area (Å²) in [4.78, 5) is 0. The van der Waals surface area contributed by atoms with Crippen LogP contribution < -0.4 is 11.1 Å². The Balaban J connectivity index is 4.38. The molecule has 17 heavy (non-hydrogen) atoms. The van der Waals surface area contributed by atoms with Crippen LogP contribution in [0, 0.1) is 0 Å². The van der Waals surface area contributed by atoms with Gasteiger partial charge in [0.2, 0.25) is 0 Å². The second kappa shape index (κ2) is 8.28. The Bertz CT molecular complexity index is 169. The summed E-state index contributed by atoms with van der Waals surface area (Å²) in [5.74, 6) is 0. The van der Waals surface area contributed by atoms with Gasteiger partial charge in [0.15, 0.2) is 0 Å². The average Bonchev–Trinajstić information content (AvgIpc) is 2.21. The Morgan fingerprint density at radius 2 is 1.35 bits per heavy atom. The molecule has 0 aliphatic carbocycles. The van der Waals surface area contributed by atoms with E-state index in [9.17, 15) is 0 Å². The first-order chi connectivity index (χ1) is 7.89. The molecule has 0 fully saturated rings. The standard InChI is InChI=1S/C14H34N2Si/c1-12(2)17(13(3)4,14(5)6)11-7-9-16-10-8-15/h12-14,16H,7-11,15H2,1-6H3. The van der Waals surface area contributed by atoms with E-state index in [1.54, 1.807) is 0 Å². The molecule has 2 nitrogen and oxygen atoms in total. The fraction of sp³-hybridized carbons (Fsp3) is 1.00. The molecular weight excluding hydrogens is 224 g/mol. The maximum absolute atomic E-state index is 5.49. The van der Waals surface area contributed by atoms with Gasteiger partial charge in [0, 0.05) is 13.1 Å². The summed E-state index contributed by atoms with van der Waals surface area (Å²) in [5, 5.41) is 3.42. The lowest BCUT2D eigenvalue weighted by Gasteiger charge is -2.43. The molecule has 0 atom stereocenters. The molecule has 0 aromatic carbocycles. The number of hydrogen-bond acceptors (Lipinski definition) is 2. The highest BCUT2D eigenvalue weighted by Gasteiger charge is 2.41. The second-order valence-electron chi connectivity index (χ2n) is 6.22. The predicted molar refractivity (Wildman–Crippen MR) is 82.4 cm³/mol. The van der Waals surface area contributed by atoms with Gasteiger partial charge in [-0.05, 0) is 13.0 Å². The fourth-order valence-electron chi connectivity index (χ4n) is 3.61. The summed E-state index contributed by atoms with van der Waals surface area (Å²) >= 11 is 0. The van der Waals surface area contributed by atoms with E-state index >= 15 is 0 Å². The maximum Gasteiger partial charge on any atom is 0.0613 e. The Labute approximate surface area is 110 Å². The van der Waals surface area contributed by atoms with Crippen molar-refractivity contribution in [1.82, 2.24) is 5.32 Å². The monoisotopic (exact) mass is 258 g/mol. The van der Waals surface area contributed by atoms with Gasteiger partial charge >= 0.3 is 0 Å². The Morgan fingerprint density at radius 3 is 1.71 bits per heavy atom. The number of nitrogens with two attached hydrogens (primary N) is 1. The van der Waals surface area contributed by atoms with Gasteiger partial charge in [0.1, 0.15) is 0 Å². The highest BCUT2D eigenvalue weighted by Crippen LogP contribution is 2.44. The molecule has 0 aromatic rings. The van der Waals surface area contributed by atoms with Crippen molar-refractivity contribution in [2.45, 2.75) is 70.6 Å². The SMILES string of the molecule is CC(C)[Si](CCCNCCN)(C(C)C)C(C)C. The van der Waals surface area contributed by atoms with E-state index < -0.39 is 8.07 Å². The van der Waals surface area contributed by atoms with Crippen molar-refractivity contribution >= 4 is 8.07 Å². The van der Waals surface area contributed by atoms with Crippen LogP contribution in [0.15, 0.2) is 0 Å². The Hall–Kier alpha value is 0.137. The van der Waals surface area contributed by atoms with Crippen LogP contribution in [0.2, 0.25) is 22.7 Å². The van der Waals surface area contributed by atoms with Gasteiger partial charge < -0.3 is 11.1 Å². The van der Waals surface area contributed by atoms with Crippen molar-refractivity contribution < 1.29 is 0 Å². The molecule has 0 aliphatic heterocycles. The molecule has 0 aliphatic rings. The van der Waals surface area contributed by atoms with Gasteiger partial charge in [0.05, 0.1) is 8.07 Å². The summed E-state index contributed by atoms with van der Waals surface area (Å²) in [6.07, 6.45) is 1.32. The van der Waals surface area contributed by atoms with Crippen LogP contribution in [-0.4, -0.2) is 27.7 Å². The molecule has 3 N–H and O–H groups in total. The van der Waals surface area contributed by atoms with Crippen LogP contribution in [0.1, 0.15) is 48.0 Å². The van der Waals surface area contributed by atoms with Crippen molar-refractivity contribution in [3.05, 3.63) is 0 Å². The minimum Gasteiger partial charge on any atom is -0.329 e. The summed E-state index contributed by atoms with van der Waals surface area (Å²) in [7, 11) is -1.16. The van der Waals surface area contributed by atoms with Gasteiger partial charge in [-0.1, -0.05) is 64.2 Å². The first kappa shape index (κ1) is 17.1. The topological polar surface area (TPSA) is 38.0 Å². The Kier molecular flexibility index (Phi) is 8.34. The number of hydrogen-bond donors (Lipinski definition) is 2. The van der Waals surface area contributed by atoms with Crippen LogP contribution >= 0.6 is 0 Å². The van der Waals surface area contributed by atoms with Crippen molar-refractivity contribution in [1.29, 1.82) is 0 Å². The molecule has 0 saturated carbocycles. The minimum atomic E-state index is -1.16. The van der Waals surface area contributed by atoms with E-state index in [1.807, 2.05) is 0 Å². The van der Waals surface area contributed by atoms with Crippen molar-refractivity contribution in [3.63, 3.8) is 0 Å². The van der Waals surface area contributed by atoms with Gasteiger partial charge in [-0.3, -0.25) is 0 Å². The molecule has 0 spiro atoms. The van der Waals surface area contributed by atoms with Crippen LogP contribution in [0.5, 0.6) is 0 Å². The molecule has 104 valence electrons. The smallest absolute Gasteiger partial charge is 0.0613 e. The summed E-state index contributed by atoms with van der Waals surface area (Å²) in [6, 6.07) is 1.46. The summed E-state index contributed by atoms with van der Waals surface area (Å²) in [6.45, 7) is 17.5. The lowest BCUT2D eigenvalue weighted by Crippen LogP contribution is -2.44. The van der Waals surface area contributed by atoms with Gasteiger partial charge in [-0.15, -0.1) is 0 Å². The first-order valence-corrected chi connectivity index (χ1v) is 9.74. The molecule has 0 bridgehead atoms. The van der Waals surface area contributed by atoms with Crippen LogP contribution in [0.25, 0.3) is 0 Å². The largest absolute Gasteiger partial charge is 0.329 e. The van der Waals surface area contributed by atoms with E-state index in [1.165, 1.54) is 12.5 Å². The molecule has 0 rings (SSSR count). The van der Waals surface area contributed by atoms with E-state index in [2.05, 4.69) is 46.9 Å². The van der Waals surface area contributed by atoms with Crippen molar-refractivity contribution in [3.8, 4) is 0 Å². The molecule has 3 heteroatoms. The van der Waals surface area contributed by atoms with Crippen LogP contribution in [0.4, 0.5) is 0 Å². The zero-order chi connectivity index (χ0) is 13.5. The maximum atomic E-state index is 5.49. The van der Waals surface area contributed by atoms with Crippen LogP contribution in [-0.2, 0) is 0 Å². The molecule has 0 aromatic heterocycles. The molecule has 0 heterocycles. The molecule has 0 unspecified atom stereocenters. The molecule has 0 amide bonds. The molecule has 0 radical (unpaired) electrons. The number of rotatable bonds is 9. The fourth-order valence-corrected chi connectivity index (χ4v) is 10.1. The van der Waals surface area contributed by atoms with Crippen molar-refractivity contribution in [2.24, 2.45) is 5.73 Å². The lowest BCUT2D eigenvalue weighted by atomic mass is 10.4. The normalized spacial score (nSPS) is 13.1.